The molecule has 0 unspecified atom stereocenters. The molecule has 0 aromatic heterocycles. The summed E-state index contributed by atoms with van der Waals surface area (Å²) in [5.41, 5.74) is 2.66. The van der Waals surface area contributed by atoms with E-state index in [1.165, 1.54) is 0 Å². The lowest BCUT2D eigenvalue weighted by Gasteiger charge is -2.35. The fraction of sp³-hybridized carbons (Fsp3) is 0.391. The second-order valence-electron chi connectivity index (χ2n) is 7.40. The maximum absolute atomic E-state index is 12.9. The van der Waals surface area contributed by atoms with Crippen molar-refractivity contribution in [2.45, 2.75) is 18.9 Å². The highest BCUT2D eigenvalue weighted by atomic mass is 16.5. The van der Waals surface area contributed by atoms with Gasteiger partial charge in [0.25, 0.3) is 11.8 Å². The van der Waals surface area contributed by atoms with Gasteiger partial charge in [0, 0.05) is 43.9 Å². The van der Waals surface area contributed by atoms with Crippen LogP contribution in [-0.4, -0.2) is 67.6 Å². The Morgan fingerprint density at radius 3 is 2.31 bits per heavy atom. The van der Waals surface area contributed by atoms with Gasteiger partial charge in [0.1, 0.15) is 11.9 Å². The summed E-state index contributed by atoms with van der Waals surface area (Å²) in [6.45, 7) is 2.88. The van der Waals surface area contributed by atoms with E-state index in [4.69, 9.17) is 9.47 Å². The van der Waals surface area contributed by atoms with Crippen molar-refractivity contribution in [3.05, 3.63) is 54.1 Å². The monoisotopic (exact) mass is 394 g/mol. The standard InChI is InChI=1S/C23H26N2O4/c1-28-20-6-3-2-5-19(20)17-8-10-18(11-9-17)22(26)24-12-14-25(15-13-24)23(27)21-7-4-16-29-21/h2-3,5-6,8-11,21H,4,7,12-16H2,1H3/t21-/m0/s1. The number of nitrogens with zero attached hydrogens (tertiary/aromatic N) is 2. The van der Waals surface area contributed by atoms with Crippen molar-refractivity contribution in [2.75, 3.05) is 39.9 Å². The predicted octanol–water partition coefficient (Wildman–Crippen LogP) is 2.83. The van der Waals surface area contributed by atoms with Crippen LogP contribution in [0.25, 0.3) is 11.1 Å². The summed E-state index contributed by atoms with van der Waals surface area (Å²) in [6, 6.07) is 15.4. The van der Waals surface area contributed by atoms with Gasteiger partial charge in [-0.2, -0.15) is 0 Å². The molecule has 2 aliphatic heterocycles. The molecule has 2 heterocycles. The van der Waals surface area contributed by atoms with Gasteiger partial charge in [-0.3, -0.25) is 9.59 Å². The smallest absolute Gasteiger partial charge is 0.253 e. The third kappa shape index (κ3) is 4.12. The minimum atomic E-state index is -0.292. The molecular formula is C23H26N2O4. The number of carbonyl (C=O) groups excluding carboxylic acids is 2. The minimum absolute atomic E-state index is 0.000733. The fourth-order valence-corrected chi connectivity index (χ4v) is 3.96. The number of carbonyl (C=O) groups is 2. The number of methoxy groups -OCH3 is 1. The fourth-order valence-electron chi connectivity index (χ4n) is 3.96. The number of amides is 2. The zero-order chi connectivity index (χ0) is 20.2. The molecule has 2 aromatic carbocycles. The van der Waals surface area contributed by atoms with Crippen LogP contribution >= 0.6 is 0 Å². The van der Waals surface area contributed by atoms with Gasteiger partial charge in [-0.15, -0.1) is 0 Å². The van der Waals surface area contributed by atoms with Crippen molar-refractivity contribution in [3.8, 4) is 16.9 Å². The molecule has 2 saturated heterocycles. The highest BCUT2D eigenvalue weighted by Gasteiger charge is 2.31. The highest BCUT2D eigenvalue weighted by Crippen LogP contribution is 2.29. The molecule has 2 amide bonds. The van der Waals surface area contributed by atoms with E-state index in [9.17, 15) is 9.59 Å². The number of benzene rings is 2. The second-order valence-corrected chi connectivity index (χ2v) is 7.40. The number of rotatable bonds is 4. The second kappa shape index (κ2) is 8.66. The van der Waals surface area contributed by atoms with E-state index in [2.05, 4.69) is 0 Å². The Labute approximate surface area is 171 Å². The molecule has 0 saturated carbocycles. The summed E-state index contributed by atoms with van der Waals surface area (Å²) >= 11 is 0. The lowest BCUT2D eigenvalue weighted by Crippen LogP contribution is -2.52. The minimum Gasteiger partial charge on any atom is -0.496 e. The average molecular weight is 394 g/mol. The van der Waals surface area contributed by atoms with E-state index in [-0.39, 0.29) is 17.9 Å². The van der Waals surface area contributed by atoms with E-state index in [1.807, 2.05) is 58.3 Å². The average Bonchev–Trinajstić information content (AvgIpc) is 3.33. The van der Waals surface area contributed by atoms with Crippen LogP contribution in [0.2, 0.25) is 0 Å². The molecule has 0 radical (unpaired) electrons. The Hall–Kier alpha value is -2.86. The van der Waals surface area contributed by atoms with Crippen LogP contribution in [0.15, 0.2) is 48.5 Å². The van der Waals surface area contributed by atoms with Crippen LogP contribution in [0.4, 0.5) is 0 Å². The van der Waals surface area contributed by atoms with E-state index in [1.54, 1.807) is 7.11 Å². The first kappa shape index (κ1) is 19.5. The van der Waals surface area contributed by atoms with Crippen LogP contribution in [0.5, 0.6) is 5.75 Å². The SMILES string of the molecule is COc1ccccc1-c1ccc(C(=O)N2CCN(C(=O)[C@@H]3CCCO3)CC2)cc1. The summed E-state index contributed by atoms with van der Waals surface area (Å²) in [5.74, 6) is 0.871. The molecule has 29 heavy (non-hydrogen) atoms. The Morgan fingerprint density at radius 1 is 0.966 bits per heavy atom. The van der Waals surface area contributed by atoms with Gasteiger partial charge in [-0.25, -0.2) is 0 Å². The molecular weight excluding hydrogens is 368 g/mol. The van der Waals surface area contributed by atoms with E-state index < -0.39 is 0 Å². The Kier molecular flexibility index (Phi) is 5.81. The molecule has 4 rings (SSSR count). The molecule has 1 atom stereocenters. The lowest BCUT2D eigenvalue weighted by atomic mass is 10.0. The quantitative estimate of drug-likeness (QED) is 0.800. The molecule has 0 spiro atoms. The molecule has 2 aromatic rings. The van der Waals surface area contributed by atoms with Gasteiger partial charge in [-0.05, 0) is 36.6 Å². The van der Waals surface area contributed by atoms with Gasteiger partial charge in [-0.1, -0.05) is 30.3 Å². The predicted molar refractivity (Wildman–Crippen MR) is 110 cm³/mol. The van der Waals surface area contributed by atoms with Crippen LogP contribution in [0, 0.1) is 0 Å². The van der Waals surface area contributed by atoms with Gasteiger partial charge < -0.3 is 19.3 Å². The Bertz CT molecular complexity index is 867. The van der Waals surface area contributed by atoms with Gasteiger partial charge in [0.2, 0.25) is 0 Å². The number of para-hydroxylation sites is 1. The lowest BCUT2D eigenvalue weighted by molar-refractivity contribution is -0.142. The largest absolute Gasteiger partial charge is 0.496 e. The van der Waals surface area contributed by atoms with Crippen LogP contribution < -0.4 is 4.74 Å². The number of piperazine rings is 1. The third-order valence-electron chi connectivity index (χ3n) is 5.63. The Balaban J connectivity index is 1.38. The van der Waals surface area contributed by atoms with E-state index in [0.717, 1.165) is 29.7 Å². The molecule has 0 N–H and O–H groups in total. The first-order valence-corrected chi connectivity index (χ1v) is 10.1. The zero-order valence-electron chi connectivity index (χ0n) is 16.7. The van der Waals surface area contributed by atoms with E-state index in [0.29, 0.717) is 38.3 Å². The van der Waals surface area contributed by atoms with Crippen LogP contribution in [0.1, 0.15) is 23.2 Å². The molecule has 2 fully saturated rings. The van der Waals surface area contributed by atoms with E-state index >= 15 is 0 Å². The summed E-state index contributed by atoms with van der Waals surface area (Å²) in [6.07, 6.45) is 1.45. The summed E-state index contributed by atoms with van der Waals surface area (Å²) in [5, 5.41) is 0. The molecule has 0 aliphatic carbocycles. The molecule has 0 bridgehead atoms. The first-order valence-electron chi connectivity index (χ1n) is 10.1. The van der Waals surface area contributed by atoms with Gasteiger partial charge in [0.15, 0.2) is 0 Å². The molecule has 6 nitrogen and oxygen atoms in total. The summed E-state index contributed by atoms with van der Waals surface area (Å²) < 4.78 is 10.9. The van der Waals surface area contributed by atoms with Crippen molar-refractivity contribution >= 4 is 11.8 Å². The maximum atomic E-state index is 12.9. The zero-order valence-corrected chi connectivity index (χ0v) is 16.7. The first-order chi connectivity index (χ1) is 14.2. The normalized spacial score (nSPS) is 19.3. The van der Waals surface area contributed by atoms with Crippen molar-refractivity contribution in [3.63, 3.8) is 0 Å². The van der Waals surface area contributed by atoms with Crippen molar-refractivity contribution < 1.29 is 19.1 Å². The van der Waals surface area contributed by atoms with Crippen molar-refractivity contribution in [1.29, 1.82) is 0 Å². The maximum Gasteiger partial charge on any atom is 0.253 e. The van der Waals surface area contributed by atoms with Crippen molar-refractivity contribution in [2.24, 2.45) is 0 Å². The molecule has 6 heteroatoms. The van der Waals surface area contributed by atoms with Crippen LogP contribution in [-0.2, 0) is 9.53 Å². The molecule has 2 aliphatic rings. The molecule has 152 valence electrons. The van der Waals surface area contributed by atoms with Crippen molar-refractivity contribution in [1.82, 2.24) is 9.80 Å². The topological polar surface area (TPSA) is 59.1 Å². The third-order valence-corrected chi connectivity index (χ3v) is 5.63. The highest BCUT2D eigenvalue weighted by molar-refractivity contribution is 5.95. The summed E-state index contributed by atoms with van der Waals surface area (Å²) in [4.78, 5) is 29.0. The van der Waals surface area contributed by atoms with Gasteiger partial charge >= 0.3 is 0 Å². The van der Waals surface area contributed by atoms with Gasteiger partial charge in [0.05, 0.1) is 7.11 Å². The number of hydrogen-bond acceptors (Lipinski definition) is 4. The summed E-state index contributed by atoms with van der Waals surface area (Å²) in [7, 11) is 1.65. The Morgan fingerprint density at radius 2 is 1.66 bits per heavy atom. The van der Waals surface area contributed by atoms with Crippen LogP contribution in [0.3, 0.4) is 0 Å². The number of hydrogen-bond donors (Lipinski definition) is 0. The number of ether oxygens (including phenoxy) is 2.